The van der Waals surface area contributed by atoms with Crippen molar-refractivity contribution in [3.05, 3.63) is 55.7 Å². The van der Waals surface area contributed by atoms with E-state index < -0.39 is 0 Å². The zero-order chi connectivity index (χ0) is 13.1. The number of halogens is 1. The SMILES string of the molecule is CCc1ccc(C(=O)c2csc(Br)c2)cc1CC. The number of thiophene rings is 1. The van der Waals surface area contributed by atoms with Gasteiger partial charge in [-0.2, -0.15) is 0 Å². The molecule has 0 saturated carbocycles. The number of aryl methyl sites for hydroxylation is 2. The van der Waals surface area contributed by atoms with Crippen LogP contribution in [-0.4, -0.2) is 5.78 Å². The lowest BCUT2D eigenvalue weighted by Crippen LogP contribution is -2.02. The van der Waals surface area contributed by atoms with Crippen LogP contribution in [-0.2, 0) is 12.8 Å². The Kier molecular flexibility index (Phi) is 4.36. The van der Waals surface area contributed by atoms with E-state index in [1.165, 1.54) is 11.1 Å². The van der Waals surface area contributed by atoms with Gasteiger partial charge in [0.1, 0.15) is 0 Å². The quantitative estimate of drug-likeness (QED) is 0.734. The fourth-order valence-electron chi connectivity index (χ4n) is 2.04. The van der Waals surface area contributed by atoms with Crippen LogP contribution in [0, 0.1) is 0 Å². The maximum Gasteiger partial charge on any atom is 0.193 e. The maximum absolute atomic E-state index is 12.3. The van der Waals surface area contributed by atoms with Crippen LogP contribution in [0.3, 0.4) is 0 Å². The van der Waals surface area contributed by atoms with Gasteiger partial charge in [-0.05, 0) is 52.0 Å². The second-order valence-corrected chi connectivity index (χ2v) is 6.45. The Balaban J connectivity index is 2.36. The van der Waals surface area contributed by atoms with Gasteiger partial charge in [0, 0.05) is 16.5 Å². The van der Waals surface area contributed by atoms with Gasteiger partial charge in [-0.3, -0.25) is 4.79 Å². The van der Waals surface area contributed by atoms with Gasteiger partial charge in [0.05, 0.1) is 3.79 Å². The summed E-state index contributed by atoms with van der Waals surface area (Å²) in [6.45, 7) is 4.27. The predicted molar refractivity (Wildman–Crippen MR) is 80.6 cm³/mol. The van der Waals surface area contributed by atoms with Crippen molar-refractivity contribution in [3.63, 3.8) is 0 Å². The molecule has 2 rings (SSSR count). The first-order valence-electron chi connectivity index (χ1n) is 6.06. The van der Waals surface area contributed by atoms with Crippen molar-refractivity contribution in [1.82, 2.24) is 0 Å². The summed E-state index contributed by atoms with van der Waals surface area (Å²) in [4.78, 5) is 12.3. The van der Waals surface area contributed by atoms with Gasteiger partial charge in [0.25, 0.3) is 0 Å². The van der Waals surface area contributed by atoms with Crippen molar-refractivity contribution in [2.75, 3.05) is 0 Å². The molecule has 1 heterocycles. The minimum absolute atomic E-state index is 0.106. The molecule has 0 fully saturated rings. The normalized spacial score (nSPS) is 10.6. The molecule has 0 aliphatic heterocycles. The molecule has 94 valence electrons. The summed E-state index contributed by atoms with van der Waals surface area (Å²) in [5, 5.41) is 1.89. The monoisotopic (exact) mass is 322 g/mol. The van der Waals surface area contributed by atoms with Crippen molar-refractivity contribution in [2.45, 2.75) is 26.7 Å². The van der Waals surface area contributed by atoms with Crippen LogP contribution < -0.4 is 0 Å². The van der Waals surface area contributed by atoms with E-state index in [1.54, 1.807) is 11.3 Å². The molecule has 0 aliphatic rings. The summed E-state index contributed by atoms with van der Waals surface area (Å²) in [6, 6.07) is 7.93. The van der Waals surface area contributed by atoms with Gasteiger partial charge in [0.15, 0.2) is 5.78 Å². The molecule has 0 N–H and O–H groups in total. The third-order valence-corrected chi connectivity index (χ3v) is 4.56. The lowest BCUT2D eigenvalue weighted by Gasteiger charge is -2.07. The van der Waals surface area contributed by atoms with E-state index in [0.29, 0.717) is 0 Å². The Hall–Kier alpha value is -0.930. The van der Waals surface area contributed by atoms with E-state index in [1.807, 2.05) is 23.6 Å². The van der Waals surface area contributed by atoms with Crippen molar-refractivity contribution < 1.29 is 4.79 Å². The number of benzene rings is 1. The van der Waals surface area contributed by atoms with E-state index in [2.05, 4.69) is 35.8 Å². The van der Waals surface area contributed by atoms with Gasteiger partial charge in [-0.25, -0.2) is 0 Å². The van der Waals surface area contributed by atoms with Crippen LogP contribution in [0.4, 0.5) is 0 Å². The summed E-state index contributed by atoms with van der Waals surface area (Å²) in [6.07, 6.45) is 1.99. The number of carbonyl (C=O) groups is 1. The average Bonchev–Trinajstić information content (AvgIpc) is 2.83. The summed E-state index contributed by atoms with van der Waals surface area (Å²) in [5.74, 6) is 0.106. The van der Waals surface area contributed by atoms with Crippen LogP contribution in [0.5, 0.6) is 0 Å². The largest absolute Gasteiger partial charge is 0.289 e. The maximum atomic E-state index is 12.3. The highest BCUT2D eigenvalue weighted by Crippen LogP contribution is 2.24. The molecule has 0 aliphatic carbocycles. The molecule has 2 aromatic rings. The molecule has 0 atom stereocenters. The number of rotatable bonds is 4. The second-order valence-electron chi connectivity index (χ2n) is 4.16. The van der Waals surface area contributed by atoms with E-state index >= 15 is 0 Å². The average molecular weight is 323 g/mol. The van der Waals surface area contributed by atoms with Crippen molar-refractivity contribution in [2.24, 2.45) is 0 Å². The topological polar surface area (TPSA) is 17.1 Å². The van der Waals surface area contributed by atoms with Gasteiger partial charge in [-0.15, -0.1) is 11.3 Å². The molecule has 0 radical (unpaired) electrons. The van der Waals surface area contributed by atoms with Crippen molar-refractivity contribution in [3.8, 4) is 0 Å². The van der Waals surface area contributed by atoms with Gasteiger partial charge >= 0.3 is 0 Å². The lowest BCUT2D eigenvalue weighted by molar-refractivity contribution is 0.103. The molecule has 0 spiro atoms. The first-order valence-corrected chi connectivity index (χ1v) is 7.73. The molecule has 1 aromatic carbocycles. The molecule has 1 nitrogen and oxygen atoms in total. The van der Waals surface area contributed by atoms with Crippen molar-refractivity contribution in [1.29, 1.82) is 0 Å². The Morgan fingerprint density at radius 2 is 1.83 bits per heavy atom. The fourth-order valence-corrected chi connectivity index (χ4v) is 3.17. The molecule has 1 aromatic heterocycles. The van der Waals surface area contributed by atoms with Crippen molar-refractivity contribution >= 4 is 33.0 Å². The summed E-state index contributed by atoms with van der Waals surface area (Å²) in [7, 11) is 0. The zero-order valence-electron chi connectivity index (χ0n) is 10.5. The van der Waals surface area contributed by atoms with E-state index in [-0.39, 0.29) is 5.78 Å². The highest BCUT2D eigenvalue weighted by molar-refractivity contribution is 9.11. The lowest BCUT2D eigenvalue weighted by atomic mass is 9.97. The predicted octanol–water partition coefficient (Wildman–Crippen LogP) is 4.87. The number of ketones is 1. The van der Waals surface area contributed by atoms with Crippen LogP contribution in [0.25, 0.3) is 0 Å². The molecule has 0 unspecified atom stereocenters. The number of hydrogen-bond donors (Lipinski definition) is 0. The highest BCUT2D eigenvalue weighted by atomic mass is 79.9. The van der Waals surface area contributed by atoms with Gasteiger partial charge in [-0.1, -0.05) is 26.0 Å². The minimum atomic E-state index is 0.106. The number of carbonyl (C=O) groups excluding carboxylic acids is 1. The molecular weight excluding hydrogens is 308 g/mol. The molecule has 3 heteroatoms. The fraction of sp³-hybridized carbons (Fsp3) is 0.267. The molecule has 0 bridgehead atoms. The molecular formula is C15H15BrOS. The van der Waals surface area contributed by atoms with E-state index in [9.17, 15) is 4.79 Å². The third kappa shape index (κ3) is 2.73. The van der Waals surface area contributed by atoms with Crippen LogP contribution >= 0.6 is 27.3 Å². The van der Waals surface area contributed by atoms with Crippen LogP contribution in [0.15, 0.2) is 33.4 Å². The first-order chi connectivity index (χ1) is 8.65. The summed E-state index contributed by atoms with van der Waals surface area (Å²) in [5.41, 5.74) is 4.16. The second kappa shape index (κ2) is 5.81. The summed E-state index contributed by atoms with van der Waals surface area (Å²) < 4.78 is 0.992. The highest BCUT2D eigenvalue weighted by Gasteiger charge is 2.12. The zero-order valence-corrected chi connectivity index (χ0v) is 12.9. The third-order valence-electron chi connectivity index (χ3n) is 3.06. The standard InChI is InChI=1S/C15H15BrOS/c1-3-10-5-6-12(7-11(10)4-2)15(17)13-8-14(16)18-9-13/h5-9H,3-4H2,1-2H3. The smallest absolute Gasteiger partial charge is 0.193 e. The molecule has 18 heavy (non-hydrogen) atoms. The van der Waals surface area contributed by atoms with E-state index in [0.717, 1.165) is 27.8 Å². The Bertz CT molecular complexity index is 572. The van der Waals surface area contributed by atoms with Gasteiger partial charge in [0.2, 0.25) is 0 Å². The Morgan fingerprint density at radius 1 is 1.11 bits per heavy atom. The Morgan fingerprint density at radius 3 is 2.39 bits per heavy atom. The van der Waals surface area contributed by atoms with Gasteiger partial charge < -0.3 is 0 Å². The molecule has 0 amide bonds. The molecule has 0 saturated heterocycles. The minimum Gasteiger partial charge on any atom is -0.289 e. The summed E-state index contributed by atoms with van der Waals surface area (Å²) >= 11 is 4.93. The number of hydrogen-bond acceptors (Lipinski definition) is 2. The van der Waals surface area contributed by atoms with E-state index in [4.69, 9.17) is 0 Å². The Labute approximate surface area is 120 Å². The van der Waals surface area contributed by atoms with Crippen LogP contribution in [0.1, 0.15) is 40.9 Å². The first kappa shape index (κ1) is 13.5. The van der Waals surface area contributed by atoms with Crippen LogP contribution in [0.2, 0.25) is 0 Å².